The van der Waals surface area contributed by atoms with Gasteiger partial charge in [0.25, 0.3) is 0 Å². The summed E-state index contributed by atoms with van der Waals surface area (Å²) in [7, 11) is 1.44. The fraction of sp³-hybridized carbons (Fsp3) is 0.320. The maximum atomic E-state index is 13.7. The number of anilines is 1. The minimum atomic E-state index is -4.63. The fourth-order valence-electron chi connectivity index (χ4n) is 4.09. The van der Waals surface area contributed by atoms with Crippen LogP contribution in [0.2, 0.25) is 0 Å². The molecule has 1 saturated heterocycles. The summed E-state index contributed by atoms with van der Waals surface area (Å²) in [4.78, 5) is 27.9. The molecule has 184 valence electrons. The zero-order chi connectivity index (χ0) is 25.2. The molecule has 0 radical (unpaired) electrons. The van der Waals surface area contributed by atoms with Crippen LogP contribution >= 0.6 is 0 Å². The molecule has 0 aliphatic carbocycles. The molecule has 2 heterocycles. The second-order valence-electron chi connectivity index (χ2n) is 8.12. The van der Waals surface area contributed by atoms with E-state index in [4.69, 9.17) is 9.47 Å². The van der Waals surface area contributed by atoms with Crippen molar-refractivity contribution in [3.63, 3.8) is 0 Å². The van der Waals surface area contributed by atoms with Crippen LogP contribution in [-0.4, -0.2) is 31.3 Å². The van der Waals surface area contributed by atoms with Gasteiger partial charge in [0.2, 0.25) is 11.8 Å². The molecule has 2 N–H and O–H groups in total. The molecule has 35 heavy (non-hydrogen) atoms. The maximum absolute atomic E-state index is 13.7. The summed E-state index contributed by atoms with van der Waals surface area (Å²) in [5.74, 6) is 0.465. The Labute approximate surface area is 200 Å². The summed E-state index contributed by atoms with van der Waals surface area (Å²) in [5.41, 5.74) is 0.840. The van der Waals surface area contributed by atoms with Crippen LogP contribution in [0.3, 0.4) is 0 Å². The molecule has 2 amide bonds. The number of methoxy groups -OCH3 is 1. The molecule has 2 aromatic rings. The van der Waals surface area contributed by atoms with Crippen LogP contribution in [0.15, 0.2) is 53.0 Å². The first kappa shape index (κ1) is 24.3. The van der Waals surface area contributed by atoms with E-state index in [2.05, 4.69) is 15.6 Å². The molecule has 1 atom stereocenters. The second kappa shape index (κ2) is 9.81. The number of nitrogens with zero attached hydrogens (tertiary/aromatic N) is 1. The molecule has 4 rings (SSSR count). The number of hydrogen-bond acceptors (Lipinski definition) is 5. The van der Waals surface area contributed by atoms with Crippen molar-refractivity contribution in [1.82, 2.24) is 5.32 Å². The molecule has 1 fully saturated rings. The van der Waals surface area contributed by atoms with Crippen molar-refractivity contribution in [2.24, 2.45) is 4.99 Å². The van der Waals surface area contributed by atoms with Gasteiger partial charge in [-0.3, -0.25) is 14.6 Å². The summed E-state index contributed by atoms with van der Waals surface area (Å²) in [6.45, 7) is 1.75. The molecular formula is C25H24F3N3O4. The predicted octanol–water partition coefficient (Wildman–Crippen LogP) is 4.58. The van der Waals surface area contributed by atoms with Crippen molar-refractivity contribution in [2.75, 3.05) is 19.0 Å². The van der Waals surface area contributed by atoms with Crippen molar-refractivity contribution in [3.8, 4) is 11.5 Å². The number of hydrogen-bond donors (Lipinski definition) is 2. The van der Waals surface area contributed by atoms with Gasteiger partial charge in [-0.05, 0) is 29.8 Å². The van der Waals surface area contributed by atoms with Crippen LogP contribution in [0.4, 0.5) is 18.9 Å². The molecule has 2 aliphatic rings. The van der Waals surface area contributed by atoms with Gasteiger partial charge in [0.05, 0.1) is 19.2 Å². The Balaban J connectivity index is 1.56. The van der Waals surface area contributed by atoms with Crippen molar-refractivity contribution in [3.05, 3.63) is 64.7 Å². The second-order valence-corrected chi connectivity index (χ2v) is 8.12. The van der Waals surface area contributed by atoms with Crippen LogP contribution in [0.25, 0.3) is 0 Å². The quantitative estimate of drug-likeness (QED) is 0.598. The predicted molar refractivity (Wildman–Crippen MR) is 124 cm³/mol. The van der Waals surface area contributed by atoms with E-state index >= 15 is 0 Å². The first-order chi connectivity index (χ1) is 16.7. The number of nitrogens with one attached hydrogen (secondary N) is 2. The zero-order valence-corrected chi connectivity index (χ0v) is 19.2. The minimum absolute atomic E-state index is 0.0653. The smallest absolute Gasteiger partial charge is 0.416 e. The van der Waals surface area contributed by atoms with Gasteiger partial charge in [0, 0.05) is 35.6 Å². The third-order valence-corrected chi connectivity index (χ3v) is 5.85. The van der Waals surface area contributed by atoms with Crippen LogP contribution < -0.4 is 20.1 Å². The Morgan fingerprint density at radius 2 is 2.00 bits per heavy atom. The molecule has 2 aromatic carbocycles. The lowest BCUT2D eigenvalue weighted by Crippen LogP contribution is -2.38. The summed E-state index contributed by atoms with van der Waals surface area (Å²) in [6, 6.07) is 8.70. The molecule has 0 saturated carbocycles. The lowest BCUT2D eigenvalue weighted by Gasteiger charge is -2.26. The first-order valence-electron chi connectivity index (χ1n) is 11.0. The van der Waals surface area contributed by atoms with E-state index in [9.17, 15) is 22.8 Å². The van der Waals surface area contributed by atoms with Crippen LogP contribution in [0.5, 0.6) is 11.5 Å². The Kier molecular flexibility index (Phi) is 6.81. The number of amidine groups is 1. The summed E-state index contributed by atoms with van der Waals surface area (Å²) < 4.78 is 52.2. The highest BCUT2D eigenvalue weighted by Gasteiger charge is 2.34. The van der Waals surface area contributed by atoms with E-state index in [0.717, 1.165) is 17.2 Å². The SMILES string of the molecule is CCC(=O)Nc1ccc(COc2ccc(C3CC(=O)NC4=NCC=C43)cc2OC)c(C(F)(F)F)c1. The van der Waals surface area contributed by atoms with E-state index in [-0.39, 0.29) is 54.2 Å². The monoisotopic (exact) mass is 487 g/mol. The molecule has 1 unspecified atom stereocenters. The van der Waals surface area contributed by atoms with E-state index in [1.54, 1.807) is 25.1 Å². The van der Waals surface area contributed by atoms with Gasteiger partial charge in [-0.1, -0.05) is 25.1 Å². The number of carbonyl (C=O) groups is 2. The number of rotatable bonds is 7. The van der Waals surface area contributed by atoms with Gasteiger partial charge < -0.3 is 20.1 Å². The molecule has 0 bridgehead atoms. The summed E-state index contributed by atoms with van der Waals surface area (Å²) >= 11 is 0. The number of piperidine rings is 1. The first-order valence-corrected chi connectivity index (χ1v) is 11.0. The van der Waals surface area contributed by atoms with Gasteiger partial charge >= 0.3 is 6.18 Å². The van der Waals surface area contributed by atoms with E-state index in [1.165, 1.54) is 19.2 Å². The van der Waals surface area contributed by atoms with Crippen molar-refractivity contribution in [2.45, 2.75) is 38.5 Å². The van der Waals surface area contributed by atoms with Gasteiger partial charge in [-0.25, -0.2) is 0 Å². The number of amides is 2. The Morgan fingerprint density at radius 1 is 1.20 bits per heavy atom. The average molecular weight is 487 g/mol. The third-order valence-electron chi connectivity index (χ3n) is 5.85. The van der Waals surface area contributed by atoms with E-state index < -0.39 is 11.7 Å². The van der Waals surface area contributed by atoms with Gasteiger partial charge in [0.15, 0.2) is 11.5 Å². The molecule has 7 nitrogen and oxygen atoms in total. The lowest BCUT2D eigenvalue weighted by atomic mass is 9.85. The fourth-order valence-corrected chi connectivity index (χ4v) is 4.09. The van der Waals surface area contributed by atoms with Gasteiger partial charge in [0.1, 0.15) is 12.4 Å². The van der Waals surface area contributed by atoms with Crippen molar-refractivity contribution >= 4 is 23.3 Å². The number of fused-ring (bicyclic) bond motifs is 1. The number of carbonyl (C=O) groups excluding carboxylic acids is 2. The zero-order valence-electron chi connectivity index (χ0n) is 19.2. The maximum Gasteiger partial charge on any atom is 0.416 e. The summed E-state index contributed by atoms with van der Waals surface area (Å²) in [5, 5.41) is 5.20. The molecular weight excluding hydrogens is 463 g/mol. The number of aliphatic imine (C=N–C) groups is 1. The van der Waals surface area contributed by atoms with Gasteiger partial charge in [-0.2, -0.15) is 13.2 Å². The largest absolute Gasteiger partial charge is 0.493 e. The van der Waals surface area contributed by atoms with Gasteiger partial charge in [-0.15, -0.1) is 0 Å². The van der Waals surface area contributed by atoms with E-state index in [1.807, 2.05) is 6.08 Å². The number of benzene rings is 2. The topological polar surface area (TPSA) is 89.0 Å². The van der Waals surface area contributed by atoms with E-state index in [0.29, 0.717) is 18.1 Å². The number of alkyl halides is 3. The highest BCUT2D eigenvalue weighted by Crippen LogP contribution is 2.39. The van der Waals surface area contributed by atoms with Crippen LogP contribution in [0.1, 0.15) is 42.4 Å². The summed E-state index contributed by atoms with van der Waals surface area (Å²) in [6.07, 6.45) is -2.26. The average Bonchev–Trinajstić information content (AvgIpc) is 3.30. The van der Waals surface area contributed by atoms with Crippen molar-refractivity contribution in [1.29, 1.82) is 0 Å². The number of ether oxygens (including phenoxy) is 2. The lowest BCUT2D eigenvalue weighted by molar-refractivity contribution is -0.138. The van der Waals surface area contributed by atoms with Crippen LogP contribution in [-0.2, 0) is 22.4 Å². The van der Waals surface area contributed by atoms with Crippen LogP contribution in [0, 0.1) is 0 Å². The normalized spacial score (nSPS) is 17.2. The molecule has 0 spiro atoms. The number of halogens is 3. The molecule has 0 aromatic heterocycles. The third kappa shape index (κ3) is 5.31. The Morgan fingerprint density at radius 3 is 2.71 bits per heavy atom. The molecule has 10 heteroatoms. The Hall–Kier alpha value is -3.82. The molecule has 2 aliphatic heterocycles. The highest BCUT2D eigenvalue weighted by atomic mass is 19.4. The minimum Gasteiger partial charge on any atom is -0.493 e. The van der Waals surface area contributed by atoms with Crippen molar-refractivity contribution < 1.29 is 32.2 Å². The Bertz CT molecular complexity index is 1220. The standard InChI is InChI=1S/C25H24F3N3O4/c1-3-22(32)30-16-6-4-15(19(11-16)25(26,27)28)13-35-20-7-5-14(10-21(20)34-2)18-12-23(33)31-24-17(18)8-9-29-24/h4-8,10-11,18H,3,9,12-13H2,1-2H3,(H,30,32)(H,29,31,33). The highest BCUT2D eigenvalue weighted by molar-refractivity contribution is 6.12.